The van der Waals surface area contributed by atoms with Crippen LogP contribution in [0.15, 0.2) is 24.3 Å². The molecule has 20 heavy (non-hydrogen) atoms. The van der Waals surface area contributed by atoms with Crippen LogP contribution in [0.5, 0.6) is 0 Å². The molecule has 1 fully saturated rings. The van der Waals surface area contributed by atoms with Crippen molar-refractivity contribution in [3.05, 3.63) is 30.1 Å². The third-order valence-electron chi connectivity index (χ3n) is 3.00. The maximum absolute atomic E-state index is 12.7. The summed E-state index contributed by atoms with van der Waals surface area (Å²) in [7, 11) is 0. The lowest BCUT2D eigenvalue weighted by molar-refractivity contribution is -0.142. The maximum atomic E-state index is 12.7. The van der Waals surface area contributed by atoms with E-state index in [1.165, 1.54) is 24.3 Å². The first-order valence-electron chi connectivity index (χ1n) is 6.16. The lowest BCUT2D eigenvalue weighted by atomic mass is 10.2. The maximum Gasteiger partial charge on any atom is 0.321 e. The van der Waals surface area contributed by atoms with Crippen molar-refractivity contribution in [2.24, 2.45) is 0 Å². The van der Waals surface area contributed by atoms with E-state index in [4.69, 9.17) is 5.11 Å². The second-order valence-electron chi connectivity index (χ2n) is 4.45. The molecule has 0 spiro atoms. The highest BCUT2D eigenvalue weighted by molar-refractivity contribution is 7.99. The molecule has 1 aromatic carbocycles. The van der Waals surface area contributed by atoms with E-state index in [-0.39, 0.29) is 18.3 Å². The first-order valence-corrected chi connectivity index (χ1v) is 7.32. The van der Waals surface area contributed by atoms with Gasteiger partial charge in [0.1, 0.15) is 11.9 Å². The van der Waals surface area contributed by atoms with Crippen LogP contribution in [0.1, 0.15) is 0 Å². The third kappa shape index (κ3) is 3.94. The zero-order chi connectivity index (χ0) is 14.5. The predicted octanol–water partition coefficient (Wildman–Crippen LogP) is 1.27. The lowest BCUT2D eigenvalue weighted by Gasteiger charge is -2.31. The number of rotatable bonds is 4. The van der Waals surface area contributed by atoms with E-state index < -0.39 is 12.0 Å². The molecule has 2 N–H and O–H groups in total. The zero-order valence-corrected chi connectivity index (χ0v) is 11.5. The fourth-order valence-electron chi connectivity index (χ4n) is 1.97. The van der Waals surface area contributed by atoms with Crippen LogP contribution >= 0.6 is 11.8 Å². The number of aliphatic carboxylic acids is 1. The largest absolute Gasteiger partial charge is 0.480 e. The van der Waals surface area contributed by atoms with Crippen LogP contribution in [0.3, 0.4) is 0 Å². The van der Waals surface area contributed by atoms with Crippen LogP contribution in [0, 0.1) is 5.82 Å². The predicted molar refractivity (Wildman–Crippen MR) is 75.4 cm³/mol. The molecule has 0 aliphatic carbocycles. The number of carboxylic acids is 1. The summed E-state index contributed by atoms with van der Waals surface area (Å²) >= 11 is 1.57. The Morgan fingerprint density at radius 2 is 2.10 bits per heavy atom. The minimum absolute atomic E-state index is 0.0227. The monoisotopic (exact) mass is 298 g/mol. The van der Waals surface area contributed by atoms with Gasteiger partial charge in [-0.2, -0.15) is 11.8 Å². The van der Waals surface area contributed by atoms with Crippen molar-refractivity contribution in [1.29, 1.82) is 0 Å². The third-order valence-corrected chi connectivity index (χ3v) is 4.02. The summed E-state index contributed by atoms with van der Waals surface area (Å²) in [5, 5.41) is 11.7. The number of nitrogens with zero attached hydrogens (tertiary/aromatic N) is 1. The number of carbonyl (C=O) groups excluding carboxylic acids is 1. The fourth-order valence-corrected chi connectivity index (χ4v) is 3.08. The average molecular weight is 298 g/mol. The minimum Gasteiger partial charge on any atom is -0.480 e. The molecule has 2 rings (SSSR count). The number of halogens is 1. The highest BCUT2D eigenvalue weighted by Crippen LogP contribution is 2.16. The smallest absolute Gasteiger partial charge is 0.321 e. The standard InChI is InChI=1S/C13H15FN2O3S/c14-9-1-3-10(4-2-9)15-12(17)7-16-5-6-20-8-11(16)13(18)19/h1-4,11H,5-8H2,(H,15,17)(H,18,19). The number of thioether (sulfide) groups is 1. The molecule has 1 aliphatic rings. The molecule has 0 radical (unpaired) electrons. The van der Waals surface area contributed by atoms with Gasteiger partial charge in [0, 0.05) is 23.7 Å². The SMILES string of the molecule is O=C(CN1CCSCC1C(=O)O)Nc1ccc(F)cc1. The van der Waals surface area contributed by atoms with Gasteiger partial charge in [0.05, 0.1) is 6.54 Å². The van der Waals surface area contributed by atoms with Gasteiger partial charge in [-0.15, -0.1) is 0 Å². The van der Waals surface area contributed by atoms with Crippen molar-refractivity contribution in [3.8, 4) is 0 Å². The molecule has 1 heterocycles. The second kappa shape index (κ2) is 6.71. The molecule has 0 aromatic heterocycles. The van der Waals surface area contributed by atoms with Gasteiger partial charge in [-0.3, -0.25) is 14.5 Å². The average Bonchev–Trinajstić information content (AvgIpc) is 2.41. The minimum atomic E-state index is -0.910. The Labute approximate surface area is 120 Å². The Morgan fingerprint density at radius 1 is 1.40 bits per heavy atom. The molecule has 5 nitrogen and oxygen atoms in total. The number of amides is 1. The Morgan fingerprint density at radius 3 is 2.75 bits per heavy atom. The summed E-state index contributed by atoms with van der Waals surface area (Å²) < 4.78 is 12.7. The molecule has 1 atom stereocenters. The number of benzene rings is 1. The first-order chi connectivity index (χ1) is 9.56. The van der Waals surface area contributed by atoms with Crippen molar-refractivity contribution < 1.29 is 19.1 Å². The fraction of sp³-hybridized carbons (Fsp3) is 0.385. The van der Waals surface area contributed by atoms with Gasteiger partial charge in [-0.1, -0.05) is 0 Å². The van der Waals surface area contributed by atoms with E-state index in [9.17, 15) is 14.0 Å². The van der Waals surface area contributed by atoms with Gasteiger partial charge < -0.3 is 10.4 Å². The van der Waals surface area contributed by atoms with Crippen molar-refractivity contribution in [3.63, 3.8) is 0 Å². The number of carbonyl (C=O) groups is 2. The molecule has 1 saturated heterocycles. The molecule has 7 heteroatoms. The van der Waals surface area contributed by atoms with E-state index >= 15 is 0 Å². The number of hydrogen-bond acceptors (Lipinski definition) is 4. The molecular formula is C13H15FN2O3S. The first kappa shape index (κ1) is 14.8. The van der Waals surface area contributed by atoms with Gasteiger partial charge in [0.2, 0.25) is 5.91 Å². The second-order valence-corrected chi connectivity index (χ2v) is 5.60. The van der Waals surface area contributed by atoms with Crippen molar-refractivity contribution in [2.75, 3.05) is 29.9 Å². The highest BCUT2D eigenvalue weighted by atomic mass is 32.2. The number of hydrogen-bond donors (Lipinski definition) is 2. The summed E-state index contributed by atoms with van der Waals surface area (Å²) in [6, 6.07) is 4.82. The molecular weight excluding hydrogens is 283 g/mol. The molecule has 1 aromatic rings. The summed E-state index contributed by atoms with van der Waals surface area (Å²) in [5.74, 6) is -0.282. The van der Waals surface area contributed by atoms with E-state index in [0.717, 1.165) is 5.75 Å². The zero-order valence-electron chi connectivity index (χ0n) is 10.7. The molecule has 1 aliphatic heterocycles. The van der Waals surface area contributed by atoms with E-state index in [2.05, 4.69) is 5.32 Å². The van der Waals surface area contributed by atoms with Gasteiger partial charge in [0.25, 0.3) is 0 Å². The van der Waals surface area contributed by atoms with Crippen LogP contribution in [-0.2, 0) is 9.59 Å². The normalized spacial score (nSPS) is 19.6. The van der Waals surface area contributed by atoms with Crippen LogP contribution in [0.4, 0.5) is 10.1 Å². The summed E-state index contributed by atoms with van der Waals surface area (Å²) in [6.07, 6.45) is 0. The molecule has 1 unspecified atom stereocenters. The van der Waals surface area contributed by atoms with E-state index in [1.807, 2.05) is 0 Å². The van der Waals surface area contributed by atoms with E-state index in [0.29, 0.717) is 18.0 Å². The Bertz CT molecular complexity index is 495. The summed E-state index contributed by atoms with van der Waals surface area (Å²) in [5.41, 5.74) is 0.495. The lowest BCUT2D eigenvalue weighted by Crippen LogP contribution is -2.50. The molecule has 108 valence electrons. The topological polar surface area (TPSA) is 69.6 Å². The Kier molecular flexibility index (Phi) is 4.97. The van der Waals surface area contributed by atoms with Crippen molar-refractivity contribution in [1.82, 2.24) is 4.90 Å². The van der Waals surface area contributed by atoms with Gasteiger partial charge >= 0.3 is 5.97 Å². The Balaban J connectivity index is 1.92. The van der Waals surface area contributed by atoms with Gasteiger partial charge in [-0.05, 0) is 24.3 Å². The highest BCUT2D eigenvalue weighted by Gasteiger charge is 2.29. The summed E-state index contributed by atoms with van der Waals surface area (Å²) in [6.45, 7) is 0.591. The molecule has 0 bridgehead atoms. The number of carboxylic acid groups (broad SMARTS) is 1. The van der Waals surface area contributed by atoms with Crippen LogP contribution in [0.25, 0.3) is 0 Å². The Hall–Kier alpha value is -1.60. The molecule has 0 saturated carbocycles. The van der Waals surface area contributed by atoms with Gasteiger partial charge in [0.15, 0.2) is 0 Å². The quantitative estimate of drug-likeness (QED) is 0.876. The number of nitrogens with one attached hydrogen (secondary N) is 1. The van der Waals surface area contributed by atoms with Crippen LogP contribution in [-0.4, -0.2) is 52.5 Å². The van der Waals surface area contributed by atoms with E-state index in [1.54, 1.807) is 16.7 Å². The van der Waals surface area contributed by atoms with Crippen LogP contribution in [0.2, 0.25) is 0 Å². The van der Waals surface area contributed by atoms with Gasteiger partial charge in [-0.25, -0.2) is 4.39 Å². The number of anilines is 1. The van der Waals surface area contributed by atoms with Crippen molar-refractivity contribution >= 4 is 29.3 Å². The summed E-state index contributed by atoms with van der Waals surface area (Å²) in [4.78, 5) is 24.7. The molecule has 1 amide bonds. The van der Waals surface area contributed by atoms with Crippen LogP contribution < -0.4 is 5.32 Å². The van der Waals surface area contributed by atoms with Crippen molar-refractivity contribution in [2.45, 2.75) is 6.04 Å².